The summed E-state index contributed by atoms with van der Waals surface area (Å²) >= 11 is 0. The Balaban J connectivity index is 2.15. The van der Waals surface area contributed by atoms with Crippen LogP contribution in [0.3, 0.4) is 0 Å². The number of nitrogens with one attached hydrogen (secondary N) is 1. The van der Waals surface area contributed by atoms with Crippen LogP contribution in [-0.2, 0) is 0 Å². The second-order valence-electron chi connectivity index (χ2n) is 5.81. The average molecular weight is 332 g/mol. The Kier molecular flexibility index (Phi) is 5.08. The second kappa shape index (κ2) is 7.42. The molecule has 3 N–H and O–H groups in total. The molecule has 3 rings (SSSR count). The summed E-state index contributed by atoms with van der Waals surface area (Å²) in [5.41, 5.74) is 8.28. The standard InChI is InChI=1S/C21H21N2P/c1-16-12-14-17(15-13-16)20(21(22)23)24(18-8-4-2-5-9-18)19-10-6-3-7-11-19/h2-15,20H,1H3,(H3,22,23). The van der Waals surface area contributed by atoms with Crippen LogP contribution in [0.25, 0.3) is 0 Å². The summed E-state index contributed by atoms with van der Waals surface area (Å²) in [4.78, 5) is 0. The van der Waals surface area contributed by atoms with Crippen molar-refractivity contribution in [3.05, 3.63) is 96.1 Å². The van der Waals surface area contributed by atoms with Crippen molar-refractivity contribution in [2.45, 2.75) is 12.6 Å². The van der Waals surface area contributed by atoms with Crippen LogP contribution in [0.15, 0.2) is 84.9 Å². The molecule has 0 amide bonds. The van der Waals surface area contributed by atoms with Crippen LogP contribution >= 0.6 is 7.92 Å². The molecule has 3 heteroatoms. The molecule has 3 aromatic carbocycles. The van der Waals surface area contributed by atoms with Crippen molar-refractivity contribution < 1.29 is 0 Å². The summed E-state index contributed by atoms with van der Waals surface area (Å²) in [7, 11) is -0.789. The first-order valence-electron chi connectivity index (χ1n) is 7.96. The van der Waals surface area contributed by atoms with Gasteiger partial charge in [0, 0.05) is 0 Å². The number of rotatable bonds is 5. The smallest absolute Gasteiger partial charge is 0.103 e. The van der Waals surface area contributed by atoms with Gasteiger partial charge in [-0.05, 0) is 31.0 Å². The van der Waals surface area contributed by atoms with Crippen LogP contribution in [0.2, 0.25) is 0 Å². The fourth-order valence-corrected chi connectivity index (χ4v) is 5.47. The lowest BCUT2D eigenvalue weighted by molar-refractivity contribution is 1.20. The minimum absolute atomic E-state index is 0.120. The molecule has 0 aliphatic carbocycles. The Hall–Kier alpha value is -2.44. The molecule has 0 aliphatic heterocycles. The van der Waals surface area contributed by atoms with E-state index in [0.29, 0.717) is 0 Å². The number of hydrogen-bond acceptors (Lipinski definition) is 1. The maximum atomic E-state index is 8.27. The van der Waals surface area contributed by atoms with Gasteiger partial charge in [-0.3, -0.25) is 5.41 Å². The Morgan fingerprint density at radius 3 is 1.67 bits per heavy atom. The van der Waals surface area contributed by atoms with Crippen molar-refractivity contribution in [1.29, 1.82) is 5.41 Å². The Morgan fingerprint density at radius 2 is 1.25 bits per heavy atom. The van der Waals surface area contributed by atoms with Crippen LogP contribution in [0, 0.1) is 12.3 Å². The van der Waals surface area contributed by atoms with Crippen molar-refractivity contribution in [3.8, 4) is 0 Å². The fraction of sp³-hybridized carbons (Fsp3) is 0.0952. The molecule has 120 valence electrons. The zero-order chi connectivity index (χ0) is 16.9. The zero-order valence-corrected chi connectivity index (χ0v) is 14.6. The SMILES string of the molecule is Cc1ccc(C(C(=N)N)P(c2ccccc2)c2ccccc2)cc1. The van der Waals surface area contributed by atoms with E-state index in [1.807, 2.05) is 12.1 Å². The number of amidine groups is 1. The third-order valence-electron chi connectivity index (χ3n) is 4.01. The molecule has 0 saturated heterocycles. The molecular formula is C21H21N2P. The Bertz CT molecular complexity index is 759. The molecule has 2 nitrogen and oxygen atoms in total. The number of aryl methyl sites for hydroxylation is 1. The third kappa shape index (κ3) is 3.55. The van der Waals surface area contributed by atoms with Gasteiger partial charge in [-0.1, -0.05) is 90.5 Å². The highest BCUT2D eigenvalue weighted by Gasteiger charge is 2.28. The maximum absolute atomic E-state index is 8.27. The van der Waals surface area contributed by atoms with Crippen LogP contribution in [0.4, 0.5) is 0 Å². The quantitative estimate of drug-likeness (QED) is 0.412. The van der Waals surface area contributed by atoms with E-state index in [2.05, 4.69) is 79.7 Å². The first-order valence-corrected chi connectivity index (χ1v) is 9.37. The van der Waals surface area contributed by atoms with Gasteiger partial charge < -0.3 is 5.73 Å². The number of hydrogen-bond donors (Lipinski definition) is 2. The van der Waals surface area contributed by atoms with Crippen LogP contribution in [-0.4, -0.2) is 5.84 Å². The first-order chi connectivity index (χ1) is 11.7. The molecule has 0 bridgehead atoms. The van der Waals surface area contributed by atoms with Crippen LogP contribution < -0.4 is 16.3 Å². The second-order valence-corrected chi connectivity index (χ2v) is 8.10. The van der Waals surface area contributed by atoms with Gasteiger partial charge in [0.05, 0.1) is 5.66 Å². The van der Waals surface area contributed by atoms with Gasteiger partial charge in [-0.15, -0.1) is 0 Å². The summed E-state index contributed by atoms with van der Waals surface area (Å²) in [6.07, 6.45) is 0. The highest BCUT2D eigenvalue weighted by molar-refractivity contribution is 7.74. The lowest BCUT2D eigenvalue weighted by Gasteiger charge is -2.28. The van der Waals surface area contributed by atoms with Crippen molar-refractivity contribution in [2.75, 3.05) is 0 Å². The first kappa shape index (κ1) is 16.4. The highest BCUT2D eigenvalue weighted by Crippen LogP contribution is 2.49. The predicted molar refractivity (Wildman–Crippen MR) is 105 cm³/mol. The predicted octanol–water partition coefficient (Wildman–Crippen LogP) is 4.10. The van der Waals surface area contributed by atoms with Gasteiger partial charge in [0.25, 0.3) is 0 Å². The summed E-state index contributed by atoms with van der Waals surface area (Å²) in [5.74, 6) is 0.220. The van der Waals surface area contributed by atoms with Crippen LogP contribution in [0.5, 0.6) is 0 Å². The molecule has 0 aromatic heterocycles. The molecule has 3 aromatic rings. The van der Waals surface area contributed by atoms with Crippen molar-refractivity contribution >= 4 is 24.4 Å². The largest absolute Gasteiger partial charge is 0.387 e. The van der Waals surface area contributed by atoms with E-state index in [4.69, 9.17) is 11.1 Å². The molecule has 1 atom stereocenters. The molecule has 0 fully saturated rings. The molecule has 0 saturated carbocycles. The van der Waals surface area contributed by atoms with Gasteiger partial charge in [-0.25, -0.2) is 0 Å². The summed E-state index contributed by atoms with van der Waals surface area (Å²) < 4.78 is 0. The van der Waals surface area contributed by atoms with E-state index in [-0.39, 0.29) is 11.5 Å². The molecule has 1 unspecified atom stereocenters. The summed E-state index contributed by atoms with van der Waals surface area (Å²) in [5, 5.41) is 10.7. The van der Waals surface area contributed by atoms with E-state index >= 15 is 0 Å². The lowest BCUT2D eigenvalue weighted by atomic mass is 10.1. The van der Waals surface area contributed by atoms with Crippen LogP contribution in [0.1, 0.15) is 16.8 Å². The van der Waals surface area contributed by atoms with E-state index < -0.39 is 7.92 Å². The average Bonchev–Trinajstić information content (AvgIpc) is 2.62. The van der Waals surface area contributed by atoms with Crippen molar-refractivity contribution in [3.63, 3.8) is 0 Å². The minimum Gasteiger partial charge on any atom is -0.387 e. The molecular weight excluding hydrogens is 311 g/mol. The van der Waals surface area contributed by atoms with E-state index in [1.54, 1.807) is 0 Å². The topological polar surface area (TPSA) is 49.9 Å². The number of nitrogens with two attached hydrogens (primary N) is 1. The lowest BCUT2D eigenvalue weighted by Crippen LogP contribution is -2.26. The van der Waals surface area contributed by atoms with Gasteiger partial charge in [0.2, 0.25) is 0 Å². The molecule has 0 aliphatic rings. The Labute approximate surface area is 144 Å². The molecule has 24 heavy (non-hydrogen) atoms. The molecule has 0 heterocycles. The maximum Gasteiger partial charge on any atom is 0.103 e. The van der Waals surface area contributed by atoms with E-state index in [1.165, 1.54) is 16.2 Å². The van der Waals surface area contributed by atoms with Crippen molar-refractivity contribution in [1.82, 2.24) is 0 Å². The normalized spacial score (nSPS) is 12.1. The van der Waals surface area contributed by atoms with Crippen molar-refractivity contribution in [2.24, 2.45) is 5.73 Å². The van der Waals surface area contributed by atoms with Gasteiger partial charge in [0.15, 0.2) is 0 Å². The molecule has 0 radical (unpaired) electrons. The third-order valence-corrected chi connectivity index (χ3v) is 6.82. The molecule has 0 spiro atoms. The number of benzene rings is 3. The fourth-order valence-electron chi connectivity index (χ4n) is 2.84. The monoisotopic (exact) mass is 332 g/mol. The van der Waals surface area contributed by atoms with E-state index in [9.17, 15) is 0 Å². The van der Waals surface area contributed by atoms with Gasteiger partial charge >= 0.3 is 0 Å². The zero-order valence-electron chi connectivity index (χ0n) is 13.7. The summed E-state index contributed by atoms with van der Waals surface area (Å²) in [6.45, 7) is 2.07. The summed E-state index contributed by atoms with van der Waals surface area (Å²) in [6, 6.07) is 29.2. The highest BCUT2D eigenvalue weighted by atomic mass is 31.1. The minimum atomic E-state index is -0.789. The Morgan fingerprint density at radius 1 is 0.792 bits per heavy atom. The van der Waals surface area contributed by atoms with Gasteiger partial charge in [0.1, 0.15) is 5.84 Å². The van der Waals surface area contributed by atoms with Gasteiger partial charge in [-0.2, -0.15) is 0 Å². The van der Waals surface area contributed by atoms with E-state index in [0.717, 1.165) is 5.56 Å².